The molecule has 1 amide bonds. The molecule has 0 saturated carbocycles. The van der Waals surface area contributed by atoms with Crippen LogP contribution in [0.25, 0.3) is 0 Å². The van der Waals surface area contributed by atoms with Crippen LogP contribution >= 0.6 is 24.0 Å². The summed E-state index contributed by atoms with van der Waals surface area (Å²) in [6.07, 6.45) is 2.73. The molecule has 172 valence electrons. The summed E-state index contributed by atoms with van der Waals surface area (Å²) >= 11 is 0. The van der Waals surface area contributed by atoms with Gasteiger partial charge in [-0.3, -0.25) is 4.99 Å². The second kappa shape index (κ2) is 12.8. The molecule has 1 rings (SSSR count). The van der Waals surface area contributed by atoms with Crippen LogP contribution in [-0.4, -0.2) is 68.3 Å². The van der Waals surface area contributed by atoms with Gasteiger partial charge in [-0.05, 0) is 46.5 Å². The molecule has 0 aromatic heterocycles. The molecule has 0 aromatic carbocycles. The Bertz CT molecular complexity index is 513. The highest BCUT2D eigenvalue weighted by Crippen LogP contribution is 2.31. The Morgan fingerprint density at radius 1 is 1.24 bits per heavy atom. The number of aliphatic hydroxyl groups is 1. The van der Waals surface area contributed by atoms with Crippen molar-refractivity contribution in [2.75, 3.05) is 40.0 Å². The number of alkyl carbamates (subject to hydrolysis) is 1. The van der Waals surface area contributed by atoms with Crippen LogP contribution in [0.5, 0.6) is 0 Å². The molecule has 1 fully saturated rings. The largest absolute Gasteiger partial charge is 0.444 e. The molecule has 1 atom stereocenters. The van der Waals surface area contributed by atoms with Crippen LogP contribution in [-0.2, 0) is 9.47 Å². The molecule has 29 heavy (non-hydrogen) atoms. The molecule has 0 spiro atoms. The van der Waals surface area contributed by atoms with Crippen molar-refractivity contribution < 1.29 is 19.4 Å². The highest BCUT2D eigenvalue weighted by molar-refractivity contribution is 14.0. The third-order valence-electron chi connectivity index (χ3n) is 5.40. The zero-order valence-electron chi connectivity index (χ0n) is 18.9. The lowest BCUT2D eigenvalue weighted by Crippen LogP contribution is -2.57. The van der Waals surface area contributed by atoms with Crippen molar-refractivity contribution in [3.8, 4) is 0 Å². The Balaban J connectivity index is 0.00000784. The summed E-state index contributed by atoms with van der Waals surface area (Å²) in [6.45, 7) is 12.4. The third kappa shape index (κ3) is 9.69. The van der Waals surface area contributed by atoms with Gasteiger partial charge in [-0.1, -0.05) is 13.8 Å². The first-order valence-electron chi connectivity index (χ1n) is 10.3. The zero-order valence-corrected chi connectivity index (χ0v) is 21.2. The second-order valence-electron chi connectivity index (χ2n) is 8.67. The van der Waals surface area contributed by atoms with Gasteiger partial charge in [0.25, 0.3) is 0 Å². The highest BCUT2D eigenvalue weighted by atomic mass is 127. The number of guanidine groups is 1. The Morgan fingerprint density at radius 3 is 2.34 bits per heavy atom. The Labute approximate surface area is 193 Å². The quantitative estimate of drug-likeness (QED) is 0.209. The number of hydrogen-bond acceptors (Lipinski definition) is 5. The van der Waals surface area contributed by atoms with Crippen LogP contribution in [0.2, 0.25) is 0 Å². The van der Waals surface area contributed by atoms with Gasteiger partial charge in [-0.25, -0.2) is 4.79 Å². The first-order chi connectivity index (χ1) is 13.1. The molecule has 8 nitrogen and oxygen atoms in total. The molecule has 1 saturated heterocycles. The molecule has 0 aliphatic carbocycles. The maximum atomic E-state index is 12.3. The van der Waals surface area contributed by atoms with Crippen LogP contribution in [0.3, 0.4) is 0 Å². The van der Waals surface area contributed by atoms with Crippen molar-refractivity contribution in [2.24, 2.45) is 10.4 Å². The average Bonchev–Trinajstić information content (AvgIpc) is 3.08. The molecule has 0 radical (unpaired) electrons. The summed E-state index contributed by atoms with van der Waals surface area (Å²) in [4.78, 5) is 16.6. The van der Waals surface area contributed by atoms with E-state index in [9.17, 15) is 9.90 Å². The predicted octanol–water partition coefficient (Wildman–Crippen LogP) is 2.64. The lowest BCUT2D eigenvalue weighted by molar-refractivity contribution is 0.0448. The molecule has 1 heterocycles. The zero-order chi connectivity index (χ0) is 21.3. The topological polar surface area (TPSA) is 104 Å². The van der Waals surface area contributed by atoms with Crippen LogP contribution in [0.1, 0.15) is 60.3 Å². The van der Waals surface area contributed by atoms with E-state index in [0.717, 1.165) is 25.9 Å². The Kier molecular flexibility index (Phi) is 12.4. The summed E-state index contributed by atoms with van der Waals surface area (Å²) in [5.41, 5.74) is -1.03. The van der Waals surface area contributed by atoms with E-state index in [1.54, 1.807) is 7.05 Å². The number of ether oxygens (including phenoxy) is 2. The highest BCUT2D eigenvalue weighted by Gasteiger charge is 2.35. The maximum absolute atomic E-state index is 12.3. The monoisotopic (exact) mass is 528 g/mol. The summed E-state index contributed by atoms with van der Waals surface area (Å²) in [7, 11) is 1.72. The minimum absolute atomic E-state index is 0. The van der Waals surface area contributed by atoms with E-state index in [4.69, 9.17) is 9.47 Å². The minimum Gasteiger partial charge on any atom is -0.444 e. The SMILES string of the molecule is CCC(CC)(CNC(=NC)NCC1(CCO)CCOC1)NC(=O)OC(C)(C)C.I. The third-order valence-corrected chi connectivity index (χ3v) is 5.40. The predicted molar refractivity (Wildman–Crippen MR) is 127 cm³/mol. The van der Waals surface area contributed by atoms with E-state index in [-0.39, 0.29) is 36.0 Å². The van der Waals surface area contributed by atoms with E-state index in [0.29, 0.717) is 32.1 Å². The van der Waals surface area contributed by atoms with Gasteiger partial charge >= 0.3 is 6.09 Å². The second-order valence-corrected chi connectivity index (χ2v) is 8.67. The van der Waals surface area contributed by atoms with E-state index in [1.165, 1.54) is 0 Å². The van der Waals surface area contributed by atoms with E-state index in [2.05, 4.69) is 20.9 Å². The standard InChI is InChI=1S/C20H40N4O4.HI/c1-7-20(8-2,24-17(26)28-18(3,4)5)14-23-16(21-6)22-13-19(9-11-25)10-12-27-15-19;/h25H,7-15H2,1-6H3,(H,24,26)(H2,21,22,23);1H. The maximum Gasteiger partial charge on any atom is 0.408 e. The first kappa shape index (κ1) is 28.2. The molecule has 1 aliphatic heterocycles. The number of nitrogens with zero attached hydrogens (tertiary/aromatic N) is 1. The van der Waals surface area contributed by atoms with E-state index < -0.39 is 17.2 Å². The number of amides is 1. The first-order valence-corrected chi connectivity index (χ1v) is 10.3. The van der Waals surface area contributed by atoms with Crippen molar-refractivity contribution in [1.82, 2.24) is 16.0 Å². The van der Waals surface area contributed by atoms with Crippen LogP contribution in [0.15, 0.2) is 4.99 Å². The molecule has 0 aromatic rings. The van der Waals surface area contributed by atoms with Crippen molar-refractivity contribution in [3.63, 3.8) is 0 Å². The molecule has 1 unspecified atom stereocenters. The van der Waals surface area contributed by atoms with Gasteiger partial charge in [0.2, 0.25) is 0 Å². The molecule has 1 aliphatic rings. The fraction of sp³-hybridized carbons (Fsp3) is 0.900. The Morgan fingerprint density at radius 2 is 1.90 bits per heavy atom. The van der Waals surface area contributed by atoms with E-state index in [1.807, 2.05) is 34.6 Å². The Hall–Kier alpha value is -0.810. The number of aliphatic hydroxyl groups excluding tert-OH is 1. The molecule has 4 N–H and O–H groups in total. The smallest absolute Gasteiger partial charge is 0.408 e. The number of carbonyl (C=O) groups is 1. The summed E-state index contributed by atoms with van der Waals surface area (Å²) in [5.74, 6) is 0.668. The van der Waals surface area contributed by atoms with Gasteiger partial charge in [0.1, 0.15) is 5.60 Å². The van der Waals surface area contributed by atoms with Gasteiger partial charge in [0.05, 0.1) is 12.1 Å². The van der Waals surface area contributed by atoms with Gasteiger partial charge < -0.3 is 30.5 Å². The van der Waals surface area contributed by atoms with Gasteiger partial charge in [-0.2, -0.15) is 0 Å². The summed E-state index contributed by atoms with van der Waals surface area (Å²) in [5, 5.41) is 19.1. The number of nitrogens with one attached hydrogen (secondary N) is 3. The fourth-order valence-electron chi connectivity index (χ4n) is 3.30. The van der Waals surface area contributed by atoms with E-state index >= 15 is 0 Å². The van der Waals surface area contributed by atoms with Crippen molar-refractivity contribution in [2.45, 2.75) is 71.4 Å². The molecule has 9 heteroatoms. The summed E-state index contributed by atoms with van der Waals surface area (Å²) in [6, 6.07) is 0. The van der Waals surface area contributed by atoms with Crippen molar-refractivity contribution in [3.05, 3.63) is 0 Å². The number of hydrogen-bond donors (Lipinski definition) is 4. The van der Waals surface area contributed by atoms with Crippen molar-refractivity contribution in [1.29, 1.82) is 0 Å². The van der Waals surface area contributed by atoms with Gasteiger partial charge in [0, 0.05) is 38.8 Å². The average molecular weight is 528 g/mol. The molecule has 0 bridgehead atoms. The molecular weight excluding hydrogens is 487 g/mol. The fourth-order valence-corrected chi connectivity index (χ4v) is 3.30. The normalized spacial score (nSPS) is 20.0. The number of halogens is 1. The minimum atomic E-state index is -0.535. The lowest BCUT2D eigenvalue weighted by Gasteiger charge is -2.35. The van der Waals surface area contributed by atoms with Crippen LogP contribution in [0.4, 0.5) is 4.79 Å². The number of aliphatic imine (C=N–C) groups is 1. The van der Waals surface area contributed by atoms with Gasteiger partial charge in [-0.15, -0.1) is 24.0 Å². The number of rotatable bonds is 9. The van der Waals surface area contributed by atoms with Gasteiger partial charge in [0.15, 0.2) is 5.96 Å². The number of carbonyl (C=O) groups excluding carboxylic acids is 1. The van der Waals surface area contributed by atoms with Crippen molar-refractivity contribution >= 4 is 36.0 Å². The lowest BCUT2D eigenvalue weighted by atomic mass is 9.84. The molecular formula is C20H41IN4O4. The van der Waals surface area contributed by atoms with Crippen LogP contribution in [0, 0.1) is 5.41 Å². The van der Waals surface area contributed by atoms with Crippen LogP contribution < -0.4 is 16.0 Å². The summed E-state index contributed by atoms with van der Waals surface area (Å²) < 4.78 is 11.0.